The number of rotatable bonds is 5. The first-order chi connectivity index (χ1) is 9.30. The zero-order chi connectivity index (χ0) is 14.8. The van der Waals surface area contributed by atoms with E-state index in [1.807, 2.05) is 51.1 Å². The summed E-state index contributed by atoms with van der Waals surface area (Å²) in [7, 11) is 0. The lowest BCUT2D eigenvalue weighted by Crippen LogP contribution is -2.48. The van der Waals surface area contributed by atoms with Crippen molar-refractivity contribution in [3.63, 3.8) is 0 Å². The molecule has 1 fully saturated rings. The number of hydrogen-bond donors (Lipinski definition) is 1. The zero-order valence-corrected chi connectivity index (χ0v) is 12.6. The van der Waals surface area contributed by atoms with Crippen molar-refractivity contribution in [3.05, 3.63) is 35.9 Å². The second kappa shape index (κ2) is 5.82. The first-order valence-corrected chi connectivity index (χ1v) is 7.00. The van der Waals surface area contributed by atoms with Gasteiger partial charge in [0.15, 0.2) is 5.79 Å². The molecule has 0 aliphatic carbocycles. The number of ether oxygens (including phenoxy) is 3. The van der Waals surface area contributed by atoms with Gasteiger partial charge in [-0.2, -0.15) is 0 Å². The van der Waals surface area contributed by atoms with Crippen LogP contribution in [-0.4, -0.2) is 35.3 Å². The van der Waals surface area contributed by atoms with Crippen molar-refractivity contribution in [3.8, 4) is 0 Å². The van der Waals surface area contributed by atoms with Crippen LogP contribution in [0, 0.1) is 0 Å². The lowest BCUT2D eigenvalue weighted by molar-refractivity contribution is -0.178. The fourth-order valence-electron chi connectivity index (χ4n) is 2.60. The third-order valence-corrected chi connectivity index (χ3v) is 3.43. The smallest absolute Gasteiger partial charge is 0.163 e. The summed E-state index contributed by atoms with van der Waals surface area (Å²) >= 11 is 0. The molecule has 1 aromatic carbocycles. The van der Waals surface area contributed by atoms with Crippen LogP contribution >= 0.6 is 0 Å². The molecule has 20 heavy (non-hydrogen) atoms. The minimum absolute atomic E-state index is 0.166. The van der Waals surface area contributed by atoms with E-state index in [0.29, 0.717) is 6.61 Å². The number of hydrogen-bond acceptors (Lipinski definition) is 4. The Labute approximate surface area is 120 Å². The van der Waals surface area contributed by atoms with E-state index < -0.39 is 17.5 Å². The average Bonchev–Trinajstić information content (AvgIpc) is 2.65. The molecule has 1 aliphatic rings. The highest BCUT2D eigenvalue weighted by molar-refractivity contribution is 5.13. The van der Waals surface area contributed by atoms with Crippen LogP contribution in [0.3, 0.4) is 0 Å². The zero-order valence-electron chi connectivity index (χ0n) is 12.6. The van der Waals surface area contributed by atoms with Crippen LogP contribution in [0.2, 0.25) is 0 Å². The van der Waals surface area contributed by atoms with Gasteiger partial charge in [0.1, 0.15) is 11.7 Å². The van der Waals surface area contributed by atoms with Gasteiger partial charge in [0.25, 0.3) is 0 Å². The van der Waals surface area contributed by atoms with Gasteiger partial charge in [-0.05, 0) is 33.3 Å². The van der Waals surface area contributed by atoms with Gasteiger partial charge >= 0.3 is 0 Å². The van der Waals surface area contributed by atoms with E-state index >= 15 is 0 Å². The van der Waals surface area contributed by atoms with Gasteiger partial charge in [-0.25, -0.2) is 0 Å². The molecular weight excluding hydrogens is 256 g/mol. The van der Waals surface area contributed by atoms with Gasteiger partial charge in [0, 0.05) is 0 Å². The first-order valence-electron chi connectivity index (χ1n) is 7.00. The van der Waals surface area contributed by atoms with Gasteiger partial charge in [-0.15, -0.1) is 0 Å². The molecule has 2 rings (SSSR count). The van der Waals surface area contributed by atoms with E-state index in [0.717, 1.165) is 5.56 Å². The van der Waals surface area contributed by atoms with Crippen molar-refractivity contribution in [1.29, 1.82) is 0 Å². The first kappa shape index (κ1) is 15.4. The van der Waals surface area contributed by atoms with Crippen molar-refractivity contribution >= 4 is 0 Å². The topological polar surface area (TPSA) is 47.9 Å². The third-order valence-electron chi connectivity index (χ3n) is 3.43. The second-order valence-electron chi connectivity index (χ2n) is 6.10. The van der Waals surface area contributed by atoms with Crippen LogP contribution in [0.25, 0.3) is 0 Å². The molecule has 4 nitrogen and oxygen atoms in total. The Balaban J connectivity index is 1.88. The summed E-state index contributed by atoms with van der Waals surface area (Å²) in [5.41, 5.74) is 0.00220. The van der Waals surface area contributed by atoms with Crippen molar-refractivity contribution in [1.82, 2.24) is 0 Å². The van der Waals surface area contributed by atoms with E-state index in [1.165, 1.54) is 0 Å². The maximum Gasteiger partial charge on any atom is 0.163 e. The van der Waals surface area contributed by atoms with E-state index in [9.17, 15) is 5.11 Å². The van der Waals surface area contributed by atoms with Crippen LogP contribution in [0.5, 0.6) is 0 Å². The van der Waals surface area contributed by atoms with E-state index in [4.69, 9.17) is 14.2 Å². The van der Waals surface area contributed by atoms with Gasteiger partial charge in [-0.3, -0.25) is 0 Å². The molecule has 4 heteroatoms. The molecule has 0 spiro atoms. The van der Waals surface area contributed by atoms with Crippen molar-refractivity contribution in [2.75, 3.05) is 6.61 Å². The summed E-state index contributed by atoms with van der Waals surface area (Å²) in [5, 5.41) is 10.6. The predicted octanol–water partition coefficient (Wildman–Crippen LogP) is 2.49. The molecule has 1 aliphatic heterocycles. The fourth-order valence-corrected chi connectivity index (χ4v) is 2.60. The maximum absolute atomic E-state index is 10.6. The summed E-state index contributed by atoms with van der Waals surface area (Å²) in [4.78, 5) is 0. The summed E-state index contributed by atoms with van der Waals surface area (Å²) < 4.78 is 17.1. The Bertz CT molecular complexity index is 427. The predicted molar refractivity (Wildman–Crippen MR) is 76.2 cm³/mol. The summed E-state index contributed by atoms with van der Waals surface area (Å²) in [6.07, 6.45) is -0.561. The maximum atomic E-state index is 10.6. The Morgan fingerprint density at radius 3 is 2.45 bits per heavy atom. The Hall–Kier alpha value is -0.940. The summed E-state index contributed by atoms with van der Waals surface area (Å²) in [6, 6.07) is 9.89. The second-order valence-corrected chi connectivity index (χ2v) is 6.10. The molecule has 112 valence electrons. The van der Waals surface area contributed by atoms with Crippen LogP contribution < -0.4 is 0 Å². The van der Waals surface area contributed by atoms with Gasteiger partial charge in [0.05, 0.1) is 19.3 Å². The van der Waals surface area contributed by atoms with Crippen LogP contribution in [0.1, 0.15) is 33.3 Å². The molecule has 0 saturated carbocycles. The molecule has 0 amide bonds. The van der Waals surface area contributed by atoms with Crippen molar-refractivity contribution in [2.45, 2.75) is 57.9 Å². The highest BCUT2D eigenvalue weighted by Crippen LogP contribution is 2.34. The van der Waals surface area contributed by atoms with Crippen LogP contribution in [-0.2, 0) is 20.8 Å². The lowest BCUT2D eigenvalue weighted by atomic mass is 9.96. The highest BCUT2D eigenvalue weighted by atomic mass is 16.8. The van der Waals surface area contributed by atoms with E-state index in [2.05, 4.69) is 0 Å². The largest absolute Gasteiger partial charge is 0.385 e. The Kier molecular flexibility index (Phi) is 4.49. The molecule has 0 aromatic heterocycles. The fraction of sp³-hybridized carbons (Fsp3) is 0.625. The van der Waals surface area contributed by atoms with Crippen LogP contribution in [0.4, 0.5) is 0 Å². The average molecular weight is 280 g/mol. The van der Waals surface area contributed by atoms with E-state index in [-0.39, 0.29) is 12.7 Å². The van der Waals surface area contributed by atoms with Crippen molar-refractivity contribution < 1.29 is 19.3 Å². The summed E-state index contributed by atoms with van der Waals surface area (Å²) in [5.74, 6) is -0.659. The van der Waals surface area contributed by atoms with Gasteiger partial charge in [0.2, 0.25) is 0 Å². The van der Waals surface area contributed by atoms with Crippen LogP contribution in [0.15, 0.2) is 30.3 Å². The standard InChI is InChI=1S/C16H24O4/c1-12-14(20-15(2,3)19-12)16(4,17)11-18-10-13-8-6-5-7-9-13/h5-9,12,14,17H,10-11H2,1-4H3/t12-,14+,16-/m0/s1. The SMILES string of the molecule is C[C@@H]1OC(C)(C)O[C@H]1[C@@](C)(O)COCc1ccccc1. The highest BCUT2D eigenvalue weighted by Gasteiger charge is 2.48. The monoisotopic (exact) mass is 280 g/mol. The lowest BCUT2D eigenvalue weighted by Gasteiger charge is -2.31. The molecule has 0 bridgehead atoms. The quantitative estimate of drug-likeness (QED) is 0.900. The molecule has 1 aromatic rings. The number of aliphatic hydroxyl groups is 1. The minimum atomic E-state index is -1.08. The molecule has 0 unspecified atom stereocenters. The molecule has 1 N–H and O–H groups in total. The normalized spacial score (nSPS) is 28.2. The molecule has 3 atom stereocenters. The van der Waals surface area contributed by atoms with Crippen molar-refractivity contribution in [2.24, 2.45) is 0 Å². The van der Waals surface area contributed by atoms with Gasteiger partial charge < -0.3 is 19.3 Å². The summed E-state index contributed by atoms with van der Waals surface area (Å²) in [6.45, 7) is 8.02. The Morgan fingerprint density at radius 2 is 1.90 bits per heavy atom. The molecular formula is C16H24O4. The molecule has 0 radical (unpaired) electrons. The van der Waals surface area contributed by atoms with E-state index in [1.54, 1.807) is 6.92 Å². The Morgan fingerprint density at radius 1 is 1.25 bits per heavy atom. The third kappa shape index (κ3) is 3.79. The minimum Gasteiger partial charge on any atom is -0.385 e. The van der Waals surface area contributed by atoms with Gasteiger partial charge in [-0.1, -0.05) is 30.3 Å². The number of benzene rings is 1. The molecule has 1 saturated heterocycles. The molecule has 1 heterocycles.